The number of benzene rings is 1. The number of aliphatic imine (C=N–C) groups is 1. The number of rotatable bonds is 0. The van der Waals surface area contributed by atoms with Gasteiger partial charge in [0.1, 0.15) is 29.8 Å². The highest BCUT2D eigenvalue weighted by molar-refractivity contribution is 9.10. The molecule has 2 aliphatic heterocycles. The Morgan fingerprint density at radius 2 is 2.27 bits per heavy atom. The van der Waals surface area contributed by atoms with Gasteiger partial charge in [-0.2, -0.15) is 0 Å². The quantitative estimate of drug-likeness (QED) is 0.767. The summed E-state index contributed by atoms with van der Waals surface area (Å²) in [7, 11) is 0. The van der Waals surface area contributed by atoms with Crippen molar-refractivity contribution in [2.45, 2.75) is 37.8 Å². The average Bonchev–Trinajstić information content (AvgIpc) is 2.86. The second kappa shape index (κ2) is 4.47. The standard InChI is InChI=1S/C16H17BrN2O3/c1-15-7-10(20)3-5-13(15)22-12-4-2-9(17)6-11(12)16(15)8-21-14(18)19-16/h2,4,6,13H,3,5,7-8H2,1H3,(H2,18,19)/t13-,15-,16?/m0/s1. The predicted octanol–water partition coefficient (Wildman–Crippen LogP) is 2.51. The van der Waals surface area contributed by atoms with Gasteiger partial charge in [0.15, 0.2) is 0 Å². The molecule has 22 heavy (non-hydrogen) atoms. The molecular formula is C16H17BrN2O3. The molecule has 1 unspecified atom stereocenters. The lowest BCUT2D eigenvalue weighted by Crippen LogP contribution is -2.59. The molecule has 1 saturated carbocycles. The third-order valence-corrected chi connectivity index (χ3v) is 5.78. The maximum absolute atomic E-state index is 12.1. The second-order valence-electron chi connectivity index (χ2n) is 6.52. The van der Waals surface area contributed by atoms with Crippen LogP contribution >= 0.6 is 15.9 Å². The van der Waals surface area contributed by atoms with Crippen LogP contribution < -0.4 is 10.5 Å². The zero-order valence-corrected chi connectivity index (χ0v) is 13.9. The van der Waals surface area contributed by atoms with Crippen LogP contribution in [0.4, 0.5) is 0 Å². The number of amidine groups is 1. The van der Waals surface area contributed by atoms with Crippen LogP contribution in [0.5, 0.6) is 5.75 Å². The van der Waals surface area contributed by atoms with E-state index in [2.05, 4.69) is 27.8 Å². The van der Waals surface area contributed by atoms with Crippen molar-refractivity contribution in [3.8, 4) is 5.75 Å². The fourth-order valence-electron chi connectivity index (χ4n) is 4.07. The molecule has 0 bridgehead atoms. The fraction of sp³-hybridized carbons (Fsp3) is 0.500. The number of halogens is 1. The molecule has 0 amide bonds. The lowest BCUT2D eigenvalue weighted by atomic mass is 9.57. The van der Waals surface area contributed by atoms with Crippen molar-refractivity contribution in [1.29, 1.82) is 0 Å². The molecule has 5 nitrogen and oxygen atoms in total. The second-order valence-corrected chi connectivity index (χ2v) is 7.43. The minimum absolute atomic E-state index is 0.0582. The number of carbonyl (C=O) groups is 1. The number of carbonyl (C=O) groups excluding carboxylic acids is 1. The highest BCUT2D eigenvalue weighted by Gasteiger charge is 2.63. The Balaban J connectivity index is 1.97. The van der Waals surface area contributed by atoms with Crippen molar-refractivity contribution in [2.24, 2.45) is 16.1 Å². The van der Waals surface area contributed by atoms with E-state index in [1.165, 1.54) is 0 Å². The Morgan fingerprint density at radius 1 is 1.45 bits per heavy atom. The molecule has 0 saturated heterocycles. The van der Waals surface area contributed by atoms with Crippen LogP contribution in [0.1, 0.15) is 31.7 Å². The van der Waals surface area contributed by atoms with Crippen LogP contribution in [0.25, 0.3) is 0 Å². The number of ketones is 1. The molecule has 0 aromatic heterocycles. The van der Waals surface area contributed by atoms with Gasteiger partial charge in [-0.25, -0.2) is 4.99 Å². The van der Waals surface area contributed by atoms with E-state index in [9.17, 15) is 4.79 Å². The highest BCUT2D eigenvalue weighted by atomic mass is 79.9. The van der Waals surface area contributed by atoms with Crippen LogP contribution in [0.2, 0.25) is 0 Å². The minimum atomic E-state index is -0.658. The van der Waals surface area contributed by atoms with Gasteiger partial charge in [0.2, 0.25) is 0 Å². The molecule has 1 fully saturated rings. The molecule has 116 valence electrons. The number of hydrogen-bond donors (Lipinski definition) is 1. The molecule has 3 aliphatic rings. The number of hydrogen-bond acceptors (Lipinski definition) is 5. The van der Waals surface area contributed by atoms with Crippen molar-refractivity contribution in [2.75, 3.05) is 6.61 Å². The number of ether oxygens (including phenoxy) is 2. The van der Waals surface area contributed by atoms with Gasteiger partial charge in [-0.15, -0.1) is 0 Å². The zero-order valence-electron chi connectivity index (χ0n) is 12.3. The summed E-state index contributed by atoms with van der Waals surface area (Å²) >= 11 is 3.51. The first-order valence-electron chi connectivity index (χ1n) is 7.41. The van der Waals surface area contributed by atoms with Crippen LogP contribution in [-0.2, 0) is 15.1 Å². The molecule has 1 aromatic rings. The Bertz CT molecular complexity index is 705. The number of nitrogens with two attached hydrogens (primary N) is 1. The summed E-state index contributed by atoms with van der Waals surface area (Å²) in [6.45, 7) is 2.43. The monoisotopic (exact) mass is 364 g/mol. The van der Waals surface area contributed by atoms with Crippen molar-refractivity contribution < 1.29 is 14.3 Å². The van der Waals surface area contributed by atoms with Gasteiger partial charge in [-0.3, -0.25) is 4.79 Å². The van der Waals surface area contributed by atoms with Gasteiger partial charge in [-0.05, 0) is 24.6 Å². The predicted molar refractivity (Wildman–Crippen MR) is 84.8 cm³/mol. The summed E-state index contributed by atoms with van der Waals surface area (Å²) in [6.07, 6.45) is 1.64. The van der Waals surface area contributed by atoms with Crippen molar-refractivity contribution in [3.63, 3.8) is 0 Å². The van der Waals surface area contributed by atoms with Crippen molar-refractivity contribution in [1.82, 2.24) is 0 Å². The van der Waals surface area contributed by atoms with Crippen LogP contribution in [0.3, 0.4) is 0 Å². The molecule has 0 radical (unpaired) electrons. The lowest BCUT2D eigenvalue weighted by molar-refractivity contribution is -0.135. The van der Waals surface area contributed by atoms with Crippen LogP contribution in [0.15, 0.2) is 27.7 Å². The van der Waals surface area contributed by atoms with Gasteiger partial charge in [0.25, 0.3) is 6.02 Å². The van der Waals surface area contributed by atoms with E-state index in [1.54, 1.807) is 0 Å². The lowest BCUT2D eigenvalue weighted by Gasteiger charge is -2.53. The Morgan fingerprint density at radius 3 is 3.00 bits per heavy atom. The van der Waals surface area contributed by atoms with E-state index in [1.807, 2.05) is 18.2 Å². The smallest absolute Gasteiger partial charge is 0.283 e. The van der Waals surface area contributed by atoms with E-state index in [-0.39, 0.29) is 17.9 Å². The molecule has 2 N–H and O–H groups in total. The first-order valence-corrected chi connectivity index (χ1v) is 8.20. The van der Waals surface area contributed by atoms with Crippen LogP contribution in [0, 0.1) is 5.41 Å². The maximum Gasteiger partial charge on any atom is 0.283 e. The number of Topliss-reactive ketones (excluding diaryl/α,β-unsaturated/α-hetero) is 1. The number of fused-ring (bicyclic) bond motifs is 4. The summed E-state index contributed by atoms with van der Waals surface area (Å²) < 4.78 is 12.7. The molecule has 2 heterocycles. The van der Waals surface area contributed by atoms with E-state index < -0.39 is 11.0 Å². The Labute approximate surface area is 137 Å². The molecule has 4 rings (SSSR count). The molecule has 3 atom stereocenters. The van der Waals surface area contributed by atoms with E-state index in [0.717, 1.165) is 15.8 Å². The number of nitrogens with zero attached hydrogens (tertiary/aromatic N) is 1. The highest BCUT2D eigenvalue weighted by Crippen LogP contribution is 2.59. The average molecular weight is 365 g/mol. The minimum Gasteiger partial charge on any atom is -0.489 e. The SMILES string of the molecule is C[C@]12CC(=O)CC[C@@H]1Oc1ccc(Br)cc1C21COC(N)=N1. The summed E-state index contributed by atoms with van der Waals surface area (Å²) in [4.78, 5) is 16.8. The van der Waals surface area contributed by atoms with E-state index >= 15 is 0 Å². The Kier molecular flexibility index (Phi) is 2.86. The van der Waals surface area contributed by atoms with Crippen molar-refractivity contribution >= 4 is 27.7 Å². The first kappa shape index (κ1) is 14.1. The van der Waals surface area contributed by atoms with E-state index in [4.69, 9.17) is 15.2 Å². The van der Waals surface area contributed by atoms with E-state index in [0.29, 0.717) is 25.9 Å². The largest absolute Gasteiger partial charge is 0.489 e. The van der Waals surface area contributed by atoms with Gasteiger partial charge in [-0.1, -0.05) is 22.9 Å². The molecule has 1 aliphatic carbocycles. The fourth-order valence-corrected chi connectivity index (χ4v) is 4.44. The van der Waals surface area contributed by atoms with Gasteiger partial charge < -0.3 is 15.2 Å². The third kappa shape index (κ3) is 1.70. The van der Waals surface area contributed by atoms with Crippen molar-refractivity contribution in [3.05, 3.63) is 28.2 Å². The summed E-state index contributed by atoms with van der Waals surface area (Å²) in [5.41, 5.74) is 5.68. The summed E-state index contributed by atoms with van der Waals surface area (Å²) in [5.74, 6) is 1.06. The van der Waals surface area contributed by atoms with Gasteiger partial charge >= 0.3 is 0 Å². The maximum atomic E-state index is 12.1. The molecule has 1 spiro atoms. The zero-order chi connectivity index (χ0) is 15.5. The molecular weight excluding hydrogens is 348 g/mol. The normalized spacial score (nSPS) is 36.2. The Hall–Kier alpha value is -1.56. The summed E-state index contributed by atoms with van der Waals surface area (Å²) in [6, 6.07) is 6.08. The molecule has 6 heteroatoms. The topological polar surface area (TPSA) is 73.9 Å². The van der Waals surface area contributed by atoms with Gasteiger partial charge in [0.05, 0.1) is 0 Å². The first-order chi connectivity index (χ1) is 10.4. The van der Waals surface area contributed by atoms with Crippen LogP contribution in [-0.4, -0.2) is 24.5 Å². The summed E-state index contributed by atoms with van der Waals surface area (Å²) in [5, 5.41) is 0. The van der Waals surface area contributed by atoms with Gasteiger partial charge in [0, 0.05) is 28.3 Å². The molecule has 1 aromatic carbocycles. The third-order valence-electron chi connectivity index (χ3n) is 5.29.